The Hall–Kier alpha value is -0.610. The lowest BCUT2D eigenvalue weighted by Crippen LogP contribution is -2.42. The number of rotatable bonds is 3. The van der Waals surface area contributed by atoms with Crippen LogP contribution in [0.2, 0.25) is 0 Å². The molecule has 0 bridgehead atoms. The van der Waals surface area contributed by atoms with E-state index in [0.717, 1.165) is 10.2 Å². The number of likely N-dealkylation sites (tertiary alicyclic amines) is 1. The van der Waals surface area contributed by atoms with E-state index in [9.17, 15) is 0 Å². The summed E-state index contributed by atoms with van der Waals surface area (Å²) in [6.07, 6.45) is 6.13. The lowest BCUT2D eigenvalue weighted by molar-refractivity contribution is 0.177. The van der Waals surface area contributed by atoms with Crippen molar-refractivity contribution in [1.82, 2.24) is 9.88 Å². The second kappa shape index (κ2) is 5.83. The van der Waals surface area contributed by atoms with Crippen molar-refractivity contribution in [2.75, 3.05) is 18.4 Å². The highest BCUT2D eigenvalue weighted by molar-refractivity contribution is 9.10. The van der Waals surface area contributed by atoms with Crippen molar-refractivity contribution >= 4 is 21.6 Å². The van der Waals surface area contributed by atoms with Crippen LogP contribution >= 0.6 is 15.9 Å². The molecular weight excluding hydrogens is 278 g/mol. The number of hydrogen-bond donors (Lipinski definition) is 1. The number of hydrogen-bond acceptors (Lipinski definition) is 3. The highest BCUT2D eigenvalue weighted by atomic mass is 79.9. The molecule has 0 atom stereocenters. The van der Waals surface area contributed by atoms with Crippen molar-refractivity contribution in [3.8, 4) is 0 Å². The Kier molecular flexibility index (Phi) is 4.40. The van der Waals surface area contributed by atoms with Crippen LogP contribution in [-0.4, -0.2) is 35.1 Å². The highest BCUT2D eigenvalue weighted by Gasteiger charge is 2.20. The number of piperidine rings is 1. The molecule has 0 unspecified atom stereocenters. The Morgan fingerprint density at radius 3 is 2.65 bits per heavy atom. The molecule has 0 aromatic carbocycles. The zero-order valence-corrected chi connectivity index (χ0v) is 12.1. The molecule has 2 rings (SSSR count). The monoisotopic (exact) mass is 297 g/mol. The van der Waals surface area contributed by atoms with Gasteiger partial charge in [0.05, 0.1) is 11.9 Å². The van der Waals surface area contributed by atoms with E-state index in [1.165, 1.54) is 25.9 Å². The van der Waals surface area contributed by atoms with Crippen LogP contribution < -0.4 is 5.32 Å². The number of halogens is 1. The van der Waals surface area contributed by atoms with Gasteiger partial charge < -0.3 is 10.2 Å². The smallest absolute Gasteiger partial charge is 0.0540 e. The topological polar surface area (TPSA) is 28.2 Å². The van der Waals surface area contributed by atoms with Gasteiger partial charge in [-0.05, 0) is 48.7 Å². The van der Waals surface area contributed by atoms with Gasteiger partial charge in [-0.25, -0.2) is 0 Å². The molecule has 0 amide bonds. The Labute approximate surface area is 112 Å². The summed E-state index contributed by atoms with van der Waals surface area (Å²) >= 11 is 3.44. The SMILES string of the molecule is CC(C)N1CCC(Nc2cncc(Br)c2)CC1. The molecule has 0 aliphatic carbocycles. The van der Waals surface area contributed by atoms with Gasteiger partial charge in [0.25, 0.3) is 0 Å². The van der Waals surface area contributed by atoms with E-state index in [1.54, 1.807) is 0 Å². The minimum atomic E-state index is 0.584. The standard InChI is InChI=1S/C13H20BrN3/c1-10(2)17-5-3-12(4-6-17)16-13-7-11(14)8-15-9-13/h7-10,12,16H,3-6H2,1-2H3. The molecule has 1 aromatic heterocycles. The van der Waals surface area contributed by atoms with Gasteiger partial charge in [0.2, 0.25) is 0 Å². The third-order valence-corrected chi connectivity index (χ3v) is 3.77. The average Bonchev–Trinajstić information content (AvgIpc) is 2.29. The third kappa shape index (κ3) is 3.68. The summed E-state index contributed by atoms with van der Waals surface area (Å²) in [6, 6.07) is 3.34. The number of nitrogens with zero attached hydrogens (tertiary/aromatic N) is 2. The lowest BCUT2D eigenvalue weighted by Gasteiger charge is -2.35. The lowest BCUT2D eigenvalue weighted by atomic mass is 10.0. The maximum absolute atomic E-state index is 4.17. The van der Waals surface area contributed by atoms with Gasteiger partial charge in [-0.15, -0.1) is 0 Å². The predicted molar refractivity (Wildman–Crippen MR) is 75.3 cm³/mol. The summed E-state index contributed by atoms with van der Waals surface area (Å²) in [5.74, 6) is 0. The van der Waals surface area contributed by atoms with Gasteiger partial charge in [-0.1, -0.05) is 0 Å². The zero-order chi connectivity index (χ0) is 12.3. The Morgan fingerprint density at radius 1 is 1.35 bits per heavy atom. The summed E-state index contributed by atoms with van der Waals surface area (Å²) in [5, 5.41) is 3.56. The molecule has 4 heteroatoms. The Bertz CT molecular complexity index is 359. The molecule has 0 spiro atoms. The molecule has 1 saturated heterocycles. The minimum Gasteiger partial charge on any atom is -0.381 e. The van der Waals surface area contributed by atoms with E-state index in [-0.39, 0.29) is 0 Å². The molecule has 1 aromatic rings. The van der Waals surface area contributed by atoms with E-state index in [0.29, 0.717) is 12.1 Å². The van der Waals surface area contributed by atoms with Gasteiger partial charge in [0, 0.05) is 35.8 Å². The summed E-state index contributed by atoms with van der Waals surface area (Å²) in [4.78, 5) is 6.71. The van der Waals surface area contributed by atoms with Gasteiger partial charge in [0.1, 0.15) is 0 Å². The molecule has 2 heterocycles. The quantitative estimate of drug-likeness (QED) is 0.929. The first kappa shape index (κ1) is 12.8. The normalized spacial score (nSPS) is 18.6. The predicted octanol–water partition coefficient (Wildman–Crippen LogP) is 3.13. The van der Waals surface area contributed by atoms with E-state index < -0.39 is 0 Å². The second-order valence-electron chi connectivity index (χ2n) is 4.94. The van der Waals surface area contributed by atoms with Crippen LogP contribution in [0.5, 0.6) is 0 Å². The van der Waals surface area contributed by atoms with Crippen LogP contribution in [0.4, 0.5) is 5.69 Å². The van der Waals surface area contributed by atoms with Crippen LogP contribution in [0.3, 0.4) is 0 Å². The number of nitrogens with one attached hydrogen (secondary N) is 1. The highest BCUT2D eigenvalue weighted by Crippen LogP contribution is 2.19. The summed E-state index contributed by atoms with van der Waals surface area (Å²) in [5.41, 5.74) is 1.11. The van der Waals surface area contributed by atoms with Crippen LogP contribution in [0.25, 0.3) is 0 Å². The molecule has 17 heavy (non-hydrogen) atoms. The first-order valence-electron chi connectivity index (χ1n) is 6.26. The fourth-order valence-corrected chi connectivity index (χ4v) is 2.65. The number of anilines is 1. The molecular formula is C13H20BrN3. The van der Waals surface area contributed by atoms with Gasteiger partial charge in [-0.3, -0.25) is 4.98 Å². The van der Waals surface area contributed by atoms with E-state index in [1.807, 2.05) is 12.4 Å². The van der Waals surface area contributed by atoms with E-state index >= 15 is 0 Å². The van der Waals surface area contributed by atoms with Gasteiger partial charge in [0.15, 0.2) is 0 Å². The molecule has 1 N–H and O–H groups in total. The number of pyridine rings is 1. The fourth-order valence-electron chi connectivity index (χ4n) is 2.29. The maximum Gasteiger partial charge on any atom is 0.0540 e. The van der Waals surface area contributed by atoms with Gasteiger partial charge in [-0.2, -0.15) is 0 Å². The summed E-state index contributed by atoms with van der Waals surface area (Å²) in [6.45, 7) is 6.92. The molecule has 94 valence electrons. The van der Waals surface area contributed by atoms with Crippen LogP contribution in [-0.2, 0) is 0 Å². The molecule has 1 fully saturated rings. The van der Waals surface area contributed by atoms with Crippen LogP contribution in [0.15, 0.2) is 22.9 Å². The Morgan fingerprint density at radius 2 is 2.06 bits per heavy atom. The van der Waals surface area contributed by atoms with E-state index in [4.69, 9.17) is 0 Å². The third-order valence-electron chi connectivity index (χ3n) is 3.34. The van der Waals surface area contributed by atoms with Crippen molar-refractivity contribution in [2.45, 2.75) is 38.8 Å². The van der Waals surface area contributed by atoms with Crippen molar-refractivity contribution < 1.29 is 0 Å². The fraction of sp³-hybridized carbons (Fsp3) is 0.615. The molecule has 3 nitrogen and oxygen atoms in total. The first-order chi connectivity index (χ1) is 8.15. The van der Waals surface area contributed by atoms with Crippen molar-refractivity contribution in [2.24, 2.45) is 0 Å². The average molecular weight is 298 g/mol. The van der Waals surface area contributed by atoms with Crippen molar-refractivity contribution in [1.29, 1.82) is 0 Å². The Balaban J connectivity index is 1.86. The van der Waals surface area contributed by atoms with Crippen molar-refractivity contribution in [3.05, 3.63) is 22.9 Å². The largest absolute Gasteiger partial charge is 0.381 e. The first-order valence-corrected chi connectivity index (χ1v) is 7.05. The zero-order valence-electron chi connectivity index (χ0n) is 10.5. The molecule has 0 saturated carbocycles. The molecule has 0 radical (unpaired) electrons. The van der Waals surface area contributed by atoms with Crippen LogP contribution in [0.1, 0.15) is 26.7 Å². The molecule has 1 aliphatic rings. The maximum atomic E-state index is 4.17. The van der Waals surface area contributed by atoms with Crippen molar-refractivity contribution in [3.63, 3.8) is 0 Å². The van der Waals surface area contributed by atoms with E-state index in [2.05, 4.69) is 51.0 Å². The summed E-state index contributed by atoms with van der Waals surface area (Å²) < 4.78 is 1.03. The second-order valence-corrected chi connectivity index (χ2v) is 5.86. The van der Waals surface area contributed by atoms with Crippen LogP contribution in [0, 0.1) is 0 Å². The minimum absolute atomic E-state index is 0.584. The number of aromatic nitrogens is 1. The summed E-state index contributed by atoms with van der Waals surface area (Å²) in [7, 11) is 0. The van der Waals surface area contributed by atoms with Gasteiger partial charge >= 0.3 is 0 Å². The molecule has 1 aliphatic heterocycles.